The Morgan fingerprint density at radius 2 is 2.18 bits per heavy atom. The van der Waals surface area contributed by atoms with Crippen molar-refractivity contribution in [1.29, 1.82) is 0 Å². The fourth-order valence-electron chi connectivity index (χ4n) is 0.499. The van der Waals surface area contributed by atoms with Crippen molar-refractivity contribution < 1.29 is 19.4 Å². The minimum absolute atomic E-state index is 0.195. The molecular weight excluding hydrogens is 150 g/mol. The summed E-state index contributed by atoms with van der Waals surface area (Å²) >= 11 is 0. The predicted molar refractivity (Wildman–Crippen MR) is 38.2 cm³/mol. The molecule has 66 valence electrons. The minimum Gasteiger partial charge on any atom is -0.450 e. The molecule has 0 saturated heterocycles. The van der Waals surface area contributed by atoms with Gasteiger partial charge in [0, 0.05) is 0 Å². The fourth-order valence-corrected chi connectivity index (χ4v) is 0.499. The summed E-state index contributed by atoms with van der Waals surface area (Å²) in [6.45, 7) is 0.924. The van der Waals surface area contributed by atoms with Crippen LogP contribution in [0.1, 0.15) is 12.8 Å². The van der Waals surface area contributed by atoms with E-state index in [0.717, 1.165) is 12.8 Å². The van der Waals surface area contributed by atoms with Crippen molar-refractivity contribution in [3.8, 4) is 0 Å². The fraction of sp³-hybridized carbons (Fsp3) is 0.833. The van der Waals surface area contributed by atoms with Crippen LogP contribution in [0.4, 0.5) is 4.79 Å². The van der Waals surface area contributed by atoms with Crippen LogP contribution in [-0.2, 0) is 9.47 Å². The van der Waals surface area contributed by atoms with Gasteiger partial charge in [0.25, 0.3) is 0 Å². The van der Waals surface area contributed by atoms with E-state index >= 15 is 0 Å². The Bertz CT molecular complexity index is 107. The summed E-state index contributed by atoms with van der Waals surface area (Å²) in [6.07, 6.45) is 0.399. The lowest BCUT2D eigenvalue weighted by Gasteiger charge is -2.01. The lowest BCUT2D eigenvalue weighted by molar-refractivity contribution is -0.0343. The first-order chi connectivity index (χ1) is 5.27. The zero-order valence-corrected chi connectivity index (χ0v) is 6.28. The molecule has 0 radical (unpaired) electrons. The first-order valence-electron chi connectivity index (χ1n) is 3.41. The van der Waals surface area contributed by atoms with Crippen molar-refractivity contribution >= 4 is 6.16 Å². The second-order valence-corrected chi connectivity index (χ2v) is 1.93. The van der Waals surface area contributed by atoms with Crippen LogP contribution in [0.3, 0.4) is 0 Å². The highest BCUT2D eigenvalue weighted by Gasteiger charge is 1.93. The van der Waals surface area contributed by atoms with Crippen molar-refractivity contribution in [2.24, 2.45) is 5.73 Å². The zero-order chi connectivity index (χ0) is 8.53. The van der Waals surface area contributed by atoms with Gasteiger partial charge in [-0.1, -0.05) is 0 Å². The van der Waals surface area contributed by atoms with E-state index in [1.807, 2.05) is 0 Å². The molecule has 0 fully saturated rings. The topological polar surface area (TPSA) is 81.8 Å². The van der Waals surface area contributed by atoms with Crippen LogP contribution in [0.15, 0.2) is 0 Å². The van der Waals surface area contributed by atoms with Gasteiger partial charge in [-0.3, -0.25) is 0 Å². The molecule has 0 heterocycles. The van der Waals surface area contributed by atoms with Gasteiger partial charge in [-0.15, -0.1) is 0 Å². The molecule has 0 aromatic carbocycles. The van der Waals surface area contributed by atoms with Gasteiger partial charge in [0.05, 0.1) is 6.61 Å². The first-order valence-corrected chi connectivity index (χ1v) is 3.41. The number of unbranched alkanes of at least 4 members (excludes halogenated alkanes) is 1. The highest BCUT2D eigenvalue weighted by Crippen LogP contribution is 1.87. The summed E-state index contributed by atoms with van der Waals surface area (Å²) in [6, 6.07) is 0. The van der Waals surface area contributed by atoms with E-state index in [2.05, 4.69) is 4.74 Å². The largest absolute Gasteiger partial charge is 0.507 e. The van der Waals surface area contributed by atoms with E-state index in [9.17, 15) is 4.79 Å². The molecular formula is C6H13NO4. The van der Waals surface area contributed by atoms with Crippen molar-refractivity contribution in [2.45, 2.75) is 12.8 Å². The van der Waals surface area contributed by atoms with Gasteiger partial charge >= 0.3 is 6.16 Å². The van der Waals surface area contributed by atoms with Gasteiger partial charge in [0.15, 0.2) is 6.79 Å². The highest BCUT2D eigenvalue weighted by atomic mass is 16.7. The van der Waals surface area contributed by atoms with Gasteiger partial charge in [0.2, 0.25) is 0 Å². The number of rotatable bonds is 6. The van der Waals surface area contributed by atoms with Crippen LogP contribution < -0.4 is 5.73 Å². The maximum atomic E-state index is 9.77. The van der Waals surface area contributed by atoms with Crippen molar-refractivity contribution in [3.63, 3.8) is 0 Å². The molecule has 0 aliphatic carbocycles. The van der Waals surface area contributed by atoms with E-state index in [1.54, 1.807) is 0 Å². The third-order valence-electron chi connectivity index (χ3n) is 1.01. The Hall–Kier alpha value is -0.810. The molecule has 3 N–H and O–H groups in total. The summed E-state index contributed by atoms with van der Waals surface area (Å²) < 4.78 is 8.87. The van der Waals surface area contributed by atoms with Crippen LogP contribution in [0.25, 0.3) is 0 Å². The van der Waals surface area contributed by atoms with E-state index in [0.29, 0.717) is 13.2 Å². The maximum Gasteiger partial charge on any atom is 0.507 e. The molecule has 0 amide bonds. The number of carbonyl (C=O) groups is 1. The standard InChI is InChI=1S/C6H13NO4/c7-3-1-2-4-10-5-11-6(8)9/h1-5,7H2,(H,8,9). The van der Waals surface area contributed by atoms with Crippen molar-refractivity contribution in [2.75, 3.05) is 19.9 Å². The summed E-state index contributed by atoms with van der Waals surface area (Å²) in [4.78, 5) is 9.77. The van der Waals surface area contributed by atoms with Gasteiger partial charge in [0.1, 0.15) is 0 Å². The third kappa shape index (κ3) is 9.19. The van der Waals surface area contributed by atoms with E-state index < -0.39 is 6.16 Å². The van der Waals surface area contributed by atoms with E-state index in [1.165, 1.54) is 0 Å². The molecule has 0 aliphatic rings. The van der Waals surface area contributed by atoms with E-state index in [-0.39, 0.29) is 6.79 Å². The van der Waals surface area contributed by atoms with Crippen LogP contribution in [0.2, 0.25) is 0 Å². The maximum absolute atomic E-state index is 9.77. The van der Waals surface area contributed by atoms with Crippen molar-refractivity contribution in [1.82, 2.24) is 0 Å². The number of ether oxygens (including phenoxy) is 2. The number of hydrogen-bond acceptors (Lipinski definition) is 4. The summed E-state index contributed by atoms with van der Waals surface area (Å²) in [5, 5.41) is 7.99. The molecule has 0 unspecified atom stereocenters. The van der Waals surface area contributed by atoms with E-state index in [4.69, 9.17) is 15.6 Å². The molecule has 0 aromatic heterocycles. The SMILES string of the molecule is NCCCCOCOC(=O)O. The Kier molecular flexibility index (Phi) is 6.76. The van der Waals surface area contributed by atoms with Crippen LogP contribution >= 0.6 is 0 Å². The molecule has 0 aromatic rings. The van der Waals surface area contributed by atoms with Gasteiger partial charge < -0.3 is 20.3 Å². The normalized spacial score (nSPS) is 9.55. The number of hydrogen-bond donors (Lipinski definition) is 2. The lowest BCUT2D eigenvalue weighted by Crippen LogP contribution is -2.07. The first kappa shape index (κ1) is 10.2. The second kappa shape index (κ2) is 7.30. The van der Waals surface area contributed by atoms with Crippen LogP contribution in [-0.4, -0.2) is 31.2 Å². The van der Waals surface area contributed by atoms with Gasteiger partial charge in [-0.05, 0) is 19.4 Å². The molecule has 5 heteroatoms. The average Bonchev–Trinajstić information content (AvgIpc) is 1.96. The molecule has 0 spiro atoms. The molecule has 5 nitrogen and oxygen atoms in total. The zero-order valence-electron chi connectivity index (χ0n) is 6.28. The average molecular weight is 163 g/mol. The molecule has 0 bridgehead atoms. The van der Waals surface area contributed by atoms with Gasteiger partial charge in [-0.25, -0.2) is 4.79 Å². The monoisotopic (exact) mass is 163 g/mol. The second-order valence-electron chi connectivity index (χ2n) is 1.93. The predicted octanol–water partition coefficient (Wildman–Crippen LogP) is 0.394. The molecule has 0 aliphatic heterocycles. The highest BCUT2D eigenvalue weighted by molar-refractivity contribution is 5.56. The Balaban J connectivity index is 2.85. The molecule has 11 heavy (non-hydrogen) atoms. The van der Waals surface area contributed by atoms with Gasteiger partial charge in [-0.2, -0.15) is 0 Å². The Labute approximate surface area is 65.1 Å². The van der Waals surface area contributed by atoms with Crippen LogP contribution in [0, 0.1) is 0 Å². The minimum atomic E-state index is -1.32. The summed E-state index contributed by atoms with van der Waals surface area (Å²) in [7, 11) is 0. The quantitative estimate of drug-likeness (QED) is 0.336. The summed E-state index contributed by atoms with van der Waals surface area (Å²) in [5.41, 5.74) is 5.21. The Morgan fingerprint density at radius 1 is 1.45 bits per heavy atom. The molecule has 0 saturated carbocycles. The smallest absolute Gasteiger partial charge is 0.450 e. The summed E-state index contributed by atoms with van der Waals surface area (Å²) in [5.74, 6) is 0. The molecule has 0 atom stereocenters. The van der Waals surface area contributed by atoms with Crippen LogP contribution in [0.5, 0.6) is 0 Å². The van der Waals surface area contributed by atoms with Crippen molar-refractivity contribution in [3.05, 3.63) is 0 Å². The number of carboxylic acid groups (broad SMARTS) is 1. The third-order valence-corrected chi connectivity index (χ3v) is 1.01. The molecule has 0 rings (SSSR count). The number of nitrogens with two attached hydrogens (primary N) is 1. The lowest BCUT2D eigenvalue weighted by atomic mass is 10.3. The Morgan fingerprint density at radius 3 is 2.73 bits per heavy atom.